The standard InChI is InChI=1S/C13H9F3OS2/c14-13(15,16)9-3-4-12(11(17)8-9)19-7-5-10-2-1-6-18-10/h1-8,17H/b7-5+. The molecule has 2 rings (SSSR count). The van der Waals surface area contributed by atoms with E-state index in [4.69, 9.17) is 0 Å². The van der Waals surface area contributed by atoms with Crippen LogP contribution >= 0.6 is 23.1 Å². The highest BCUT2D eigenvalue weighted by atomic mass is 32.2. The molecule has 0 aliphatic heterocycles. The Labute approximate surface area is 116 Å². The van der Waals surface area contributed by atoms with Crippen LogP contribution in [0.5, 0.6) is 5.75 Å². The number of aromatic hydroxyl groups is 1. The third-order valence-electron chi connectivity index (χ3n) is 2.26. The second-order valence-corrected chi connectivity index (χ2v) is 5.54. The van der Waals surface area contributed by atoms with Crippen LogP contribution in [0.3, 0.4) is 0 Å². The predicted molar refractivity (Wildman–Crippen MR) is 72.3 cm³/mol. The Balaban J connectivity index is 2.10. The van der Waals surface area contributed by atoms with E-state index in [1.54, 1.807) is 16.7 Å². The van der Waals surface area contributed by atoms with Gasteiger partial charge in [0.25, 0.3) is 0 Å². The van der Waals surface area contributed by atoms with Crippen molar-refractivity contribution in [2.75, 3.05) is 0 Å². The molecule has 0 saturated carbocycles. The molecule has 1 aromatic heterocycles. The number of halogens is 3. The lowest BCUT2D eigenvalue weighted by Crippen LogP contribution is -2.04. The quantitative estimate of drug-likeness (QED) is 0.783. The molecule has 1 nitrogen and oxygen atoms in total. The van der Waals surface area contributed by atoms with Gasteiger partial charge < -0.3 is 5.11 Å². The van der Waals surface area contributed by atoms with Crippen molar-refractivity contribution in [3.8, 4) is 5.75 Å². The molecule has 0 aliphatic rings. The van der Waals surface area contributed by atoms with Gasteiger partial charge in [0.15, 0.2) is 0 Å². The summed E-state index contributed by atoms with van der Waals surface area (Å²) in [5.41, 5.74) is -0.850. The van der Waals surface area contributed by atoms with Gasteiger partial charge in [-0.3, -0.25) is 0 Å². The van der Waals surface area contributed by atoms with Gasteiger partial charge in [0.2, 0.25) is 0 Å². The SMILES string of the molecule is Oc1cc(C(F)(F)F)ccc1S/C=C/c1cccs1. The molecule has 1 N–H and O–H groups in total. The van der Waals surface area contributed by atoms with E-state index in [2.05, 4.69) is 0 Å². The highest BCUT2D eigenvalue weighted by Crippen LogP contribution is 2.36. The summed E-state index contributed by atoms with van der Waals surface area (Å²) in [5, 5.41) is 13.2. The maximum absolute atomic E-state index is 12.4. The summed E-state index contributed by atoms with van der Waals surface area (Å²) in [4.78, 5) is 1.43. The van der Waals surface area contributed by atoms with Crippen molar-refractivity contribution < 1.29 is 18.3 Å². The smallest absolute Gasteiger partial charge is 0.416 e. The van der Waals surface area contributed by atoms with Gasteiger partial charge in [0.05, 0.1) is 10.5 Å². The molecule has 100 valence electrons. The Morgan fingerprint density at radius 2 is 2.00 bits per heavy atom. The van der Waals surface area contributed by atoms with Gasteiger partial charge in [0.1, 0.15) is 5.75 Å². The predicted octanol–water partition coefficient (Wildman–Crippen LogP) is 5.24. The maximum atomic E-state index is 12.4. The summed E-state index contributed by atoms with van der Waals surface area (Å²) >= 11 is 2.73. The van der Waals surface area contributed by atoms with Gasteiger partial charge in [-0.25, -0.2) is 0 Å². The first-order chi connectivity index (χ1) is 8.97. The molecule has 1 aromatic carbocycles. The average Bonchev–Trinajstić information content (AvgIpc) is 2.83. The minimum Gasteiger partial charge on any atom is -0.507 e. The molecule has 0 bridgehead atoms. The summed E-state index contributed by atoms with van der Waals surface area (Å²) in [5.74, 6) is -0.365. The van der Waals surface area contributed by atoms with E-state index >= 15 is 0 Å². The highest BCUT2D eigenvalue weighted by Gasteiger charge is 2.31. The van der Waals surface area contributed by atoms with E-state index in [0.717, 1.165) is 17.0 Å². The lowest BCUT2D eigenvalue weighted by molar-refractivity contribution is -0.137. The van der Waals surface area contributed by atoms with E-state index < -0.39 is 11.7 Å². The van der Waals surface area contributed by atoms with Gasteiger partial charge in [0, 0.05) is 4.88 Å². The Morgan fingerprint density at radius 1 is 1.21 bits per heavy atom. The van der Waals surface area contributed by atoms with Gasteiger partial charge in [-0.15, -0.1) is 11.3 Å². The van der Waals surface area contributed by atoms with E-state index in [1.807, 2.05) is 23.6 Å². The normalized spacial score (nSPS) is 12.2. The van der Waals surface area contributed by atoms with Crippen molar-refractivity contribution in [3.05, 3.63) is 51.6 Å². The van der Waals surface area contributed by atoms with Crippen LogP contribution in [0.25, 0.3) is 6.08 Å². The van der Waals surface area contributed by atoms with Crippen LogP contribution in [0, 0.1) is 0 Å². The molecule has 0 atom stereocenters. The summed E-state index contributed by atoms with van der Waals surface area (Å²) < 4.78 is 37.2. The van der Waals surface area contributed by atoms with Crippen LogP contribution in [0.2, 0.25) is 0 Å². The van der Waals surface area contributed by atoms with Crippen LogP contribution < -0.4 is 0 Å². The van der Waals surface area contributed by atoms with Crippen molar-refractivity contribution in [3.63, 3.8) is 0 Å². The third kappa shape index (κ3) is 3.78. The molecular formula is C13H9F3OS2. The van der Waals surface area contributed by atoms with Crippen molar-refractivity contribution in [1.29, 1.82) is 0 Å². The molecule has 1 heterocycles. The molecule has 0 saturated heterocycles. The van der Waals surface area contributed by atoms with Crippen LogP contribution in [0.15, 0.2) is 46.0 Å². The summed E-state index contributed by atoms with van der Waals surface area (Å²) in [6.07, 6.45) is -2.60. The average molecular weight is 302 g/mol. The zero-order valence-corrected chi connectivity index (χ0v) is 11.1. The van der Waals surface area contributed by atoms with Crippen molar-refractivity contribution in [1.82, 2.24) is 0 Å². The lowest BCUT2D eigenvalue weighted by Gasteiger charge is -2.08. The molecule has 19 heavy (non-hydrogen) atoms. The maximum Gasteiger partial charge on any atom is 0.416 e. The first kappa shape index (κ1) is 14.0. The van der Waals surface area contributed by atoms with Gasteiger partial charge in [-0.2, -0.15) is 13.2 Å². The Morgan fingerprint density at radius 3 is 2.58 bits per heavy atom. The number of benzene rings is 1. The fourth-order valence-electron chi connectivity index (χ4n) is 1.35. The number of phenolic OH excluding ortho intramolecular Hbond substituents is 1. The van der Waals surface area contributed by atoms with Crippen LogP contribution in [0.4, 0.5) is 13.2 Å². The molecule has 6 heteroatoms. The number of alkyl halides is 3. The highest BCUT2D eigenvalue weighted by molar-refractivity contribution is 8.02. The van der Waals surface area contributed by atoms with E-state index in [-0.39, 0.29) is 5.75 Å². The van der Waals surface area contributed by atoms with Crippen LogP contribution in [-0.2, 0) is 6.18 Å². The Hall–Kier alpha value is -1.40. The summed E-state index contributed by atoms with van der Waals surface area (Å²) in [7, 11) is 0. The molecule has 0 radical (unpaired) electrons. The number of phenols is 1. The zero-order valence-electron chi connectivity index (χ0n) is 9.52. The fraction of sp³-hybridized carbons (Fsp3) is 0.0769. The first-order valence-electron chi connectivity index (χ1n) is 5.24. The number of rotatable bonds is 3. The second kappa shape index (κ2) is 5.71. The Bertz CT molecular complexity index is 574. The number of thiophene rings is 1. The van der Waals surface area contributed by atoms with Crippen molar-refractivity contribution in [2.45, 2.75) is 11.1 Å². The number of hydrogen-bond acceptors (Lipinski definition) is 3. The molecule has 0 fully saturated rings. The first-order valence-corrected chi connectivity index (χ1v) is 6.99. The van der Waals surface area contributed by atoms with E-state index in [9.17, 15) is 18.3 Å². The second-order valence-electron chi connectivity index (χ2n) is 3.62. The molecular weight excluding hydrogens is 293 g/mol. The molecule has 0 amide bonds. The third-order valence-corrected chi connectivity index (χ3v) is 3.97. The molecule has 2 aromatic rings. The van der Waals surface area contributed by atoms with Crippen LogP contribution in [-0.4, -0.2) is 5.11 Å². The summed E-state index contributed by atoms with van der Waals surface area (Å²) in [6, 6.07) is 6.79. The van der Waals surface area contributed by atoms with Gasteiger partial charge in [-0.05, 0) is 41.1 Å². The lowest BCUT2D eigenvalue weighted by atomic mass is 10.2. The number of thioether (sulfide) groups is 1. The fourth-order valence-corrected chi connectivity index (χ4v) is 2.75. The number of hydrogen-bond donors (Lipinski definition) is 1. The van der Waals surface area contributed by atoms with Crippen LogP contribution in [0.1, 0.15) is 10.4 Å². The molecule has 0 unspecified atom stereocenters. The van der Waals surface area contributed by atoms with Crippen molar-refractivity contribution >= 4 is 29.2 Å². The van der Waals surface area contributed by atoms with Crippen molar-refractivity contribution in [2.24, 2.45) is 0 Å². The van der Waals surface area contributed by atoms with E-state index in [0.29, 0.717) is 4.90 Å². The minimum absolute atomic E-state index is 0.365. The molecule has 0 aliphatic carbocycles. The van der Waals surface area contributed by atoms with Gasteiger partial charge >= 0.3 is 6.18 Å². The zero-order chi connectivity index (χ0) is 13.9. The summed E-state index contributed by atoms with van der Waals surface area (Å²) in [6.45, 7) is 0. The molecule has 0 spiro atoms. The minimum atomic E-state index is -4.44. The van der Waals surface area contributed by atoms with Gasteiger partial charge in [-0.1, -0.05) is 17.8 Å². The topological polar surface area (TPSA) is 20.2 Å². The largest absolute Gasteiger partial charge is 0.507 e. The Kier molecular flexibility index (Phi) is 4.21. The monoisotopic (exact) mass is 302 g/mol. The van der Waals surface area contributed by atoms with E-state index in [1.165, 1.54) is 17.8 Å².